The van der Waals surface area contributed by atoms with E-state index < -0.39 is 0 Å². The van der Waals surface area contributed by atoms with Gasteiger partial charge in [0.25, 0.3) is 0 Å². The van der Waals surface area contributed by atoms with Crippen LogP contribution >= 0.6 is 0 Å². The van der Waals surface area contributed by atoms with E-state index in [-0.39, 0.29) is 0 Å². The lowest BCUT2D eigenvalue weighted by atomic mass is 9.82. The van der Waals surface area contributed by atoms with Crippen LogP contribution in [0.25, 0.3) is 0 Å². The number of hydrogen-bond donors (Lipinski definition) is 1. The van der Waals surface area contributed by atoms with Gasteiger partial charge in [-0.25, -0.2) is 0 Å². The molecule has 84 valence electrons. The Morgan fingerprint density at radius 1 is 1.13 bits per heavy atom. The van der Waals surface area contributed by atoms with Crippen LogP contribution in [-0.4, -0.2) is 11.7 Å². The third kappa shape index (κ3) is 3.35. The zero-order valence-corrected chi connectivity index (χ0v) is 9.82. The van der Waals surface area contributed by atoms with E-state index in [1.54, 1.807) is 0 Å². The molecular formula is C14H22O. The first-order chi connectivity index (χ1) is 7.33. The fraction of sp³-hybridized carbons (Fsp3) is 0.571. The van der Waals surface area contributed by atoms with Crippen LogP contribution in [-0.2, 0) is 0 Å². The summed E-state index contributed by atoms with van der Waals surface area (Å²) >= 11 is 0. The Labute approximate surface area is 93.1 Å². The molecule has 0 saturated carbocycles. The van der Waals surface area contributed by atoms with Crippen molar-refractivity contribution in [3.8, 4) is 0 Å². The molecule has 0 unspecified atom stereocenters. The molecule has 0 aliphatic carbocycles. The minimum atomic E-state index is 0.302. The van der Waals surface area contributed by atoms with Gasteiger partial charge in [-0.1, -0.05) is 57.0 Å². The number of aliphatic hydroxyl groups excluding tert-OH is 1. The molecule has 2 atom stereocenters. The highest BCUT2D eigenvalue weighted by atomic mass is 16.3. The molecule has 0 aliphatic rings. The van der Waals surface area contributed by atoms with Crippen LogP contribution in [0.1, 0.15) is 44.6 Å². The summed E-state index contributed by atoms with van der Waals surface area (Å²) in [6.45, 7) is 4.67. The predicted octanol–water partition coefficient (Wildman–Crippen LogP) is 3.59. The number of aliphatic hydroxyl groups is 1. The van der Waals surface area contributed by atoms with Crippen LogP contribution in [0.5, 0.6) is 0 Å². The van der Waals surface area contributed by atoms with Crippen LogP contribution in [0.2, 0.25) is 0 Å². The molecule has 1 aromatic rings. The molecule has 0 spiro atoms. The molecule has 0 bridgehead atoms. The highest BCUT2D eigenvalue weighted by Gasteiger charge is 2.19. The smallest absolute Gasteiger partial charge is 0.0465 e. The van der Waals surface area contributed by atoms with Gasteiger partial charge in [-0.2, -0.15) is 0 Å². The summed E-state index contributed by atoms with van der Waals surface area (Å²) in [6, 6.07) is 10.6. The van der Waals surface area contributed by atoms with Crippen molar-refractivity contribution < 1.29 is 5.11 Å². The summed E-state index contributed by atoms with van der Waals surface area (Å²) in [5.74, 6) is 0.929. The molecule has 0 aliphatic heterocycles. The van der Waals surface area contributed by atoms with Crippen molar-refractivity contribution in [1.29, 1.82) is 0 Å². The highest BCUT2D eigenvalue weighted by molar-refractivity contribution is 5.20. The van der Waals surface area contributed by atoms with Crippen molar-refractivity contribution in [3.63, 3.8) is 0 Å². The molecule has 1 nitrogen and oxygen atoms in total. The Kier molecular flexibility index (Phi) is 5.41. The van der Waals surface area contributed by atoms with Gasteiger partial charge in [0.2, 0.25) is 0 Å². The molecular weight excluding hydrogens is 184 g/mol. The van der Waals surface area contributed by atoms with E-state index in [1.807, 2.05) is 6.07 Å². The maximum absolute atomic E-state index is 9.38. The molecule has 0 saturated heterocycles. The van der Waals surface area contributed by atoms with Gasteiger partial charge in [0.15, 0.2) is 0 Å². The Morgan fingerprint density at radius 2 is 1.80 bits per heavy atom. The molecule has 1 rings (SSSR count). The quantitative estimate of drug-likeness (QED) is 0.754. The second-order valence-corrected chi connectivity index (χ2v) is 4.16. The second kappa shape index (κ2) is 6.62. The zero-order valence-electron chi connectivity index (χ0n) is 9.82. The van der Waals surface area contributed by atoms with E-state index in [4.69, 9.17) is 0 Å². The molecule has 0 radical (unpaired) electrons. The van der Waals surface area contributed by atoms with E-state index in [9.17, 15) is 5.11 Å². The summed E-state index contributed by atoms with van der Waals surface area (Å²) in [7, 11) is 0. The van der Waals surface area contributed by atoms with Gasteiger partial charge >= 0.3 is 0 Å². The van der Waals surface area contributed by atoms with E-state index in [2.05, 4.69) is 38.1 Å². The van der Waals surface area contributed by atoms with Crippen LogP contribution in [0.3, 0.4) is 0 Å². The van der Waals surface area contributed by atoms with Crippen LogP contribution in [0, 0.1) is 5.92 Å². The fourth-order valence-corrected chi connectivity index (χ4v) is 2.23. The van der Waals surface area contributed by atoms with Crippen molar-refractivity contribution in [1.82, 2.24) is 0 Å². The Bertz CT molecular complexity index is 251. The highest BCUT2D eigenvalue weighted by Crippen LogP contribution is 2.30. The molecule has 1 aromatic carbocycles. The number of rotatable bonds is 6. The molecule has 1 N–H and O–H groups in total. The standard InChI is InChI=1S/C14H22O/c1-3-8-14(12(4-2)11-15)13-9-6-5-7-10-13/h5-7,9-10,12,14-15H,3-4,8,11H2,1-2H3/t12-,14-/m1/s1. The van der Waals surface area contributed by atoms with E-state index >= 15 is 0 Å². The number of hydrogen-bond acceptors (Lipinski definition) is 1. The summed E-state index contributed by atoms with van der Waals surface area (Å²) < 4.78 is 0. The largest absolute Gasteiger partial charge is 0.396 e. The van der Waals surface area contributed by atoms with Crippen molar-refractivity contribution in [2.45, 2.75) is 39.0 Å². The molecule has 0 heterocycles. The monoisotopic (exact) mass is 206 g/mol. The van der Waals surface area contributed by atoms with Gasteiger partial charge < -0.3 is 5.11 Å². The second-order valence-electron chi connectivity index (χ2n) is 4.16. The normalized spacial score (nSPS) is 14.9. The van der Waals surface area contributed by atoms with Gasteiger partial charge in [-0.05, 0) is 23.8 Å². The van der Waals surface area contributed by atoms with E-state index in [0.717, 1.165) is 6.42 Å². The van der Waals surface area contributed by atoms with Crippen LogP contribution < -0.4 is 0 Å². The zero-order chi connectivity index (χ0) is 11.1. The summed E-state index contributed by atoms with van der Waals surface area (Å²) in [5, 5.41) is 9.38. The third-order valence-corrected chi connectivity index (χ3v) is 3.16. The maximum Gasteiger partial charge on any atom is 0.0465 e. The molecule has 0 aromatic heterocycles. The van der Waals surface area contributed by atoms with Crippen LogP contribution in [0.15, 0.2) is 30.3 Å². The van der Waals surface area contributed by atoms with Crippen LogP contribution in [0.4, 0.5) is 0 Å². The SMILES string of the molecule is CCC[C@@H](c1ccccc1)[C@H](CC)CO. The number of benzene rings is 1. The van der Waals surface area contributed by atoms with Gasteiger partial charge in [0.05, 0.1) is 0 Å². The van der Waals surface area contributed by atoms with Gasteiger partial charge in [-0.15, -0.1) is 0 Å². The Balaban J connectivity index is 2.81. The first kappa shape index (κ1) is 12.3. The van der Waals surface area contributed by atoms with Crippen molar-refractivity contribution in [3.05, 3.63) is 35.9 Å². The summed E-state index contributed by atoms with van der Waals surface area (Å²) in [4.78, 5) is 0. The lowest BCUT2D eigenvalue weighted by Gasteiger charge is -2.24. The van der Waals surface area contributed by atoms with Gasteiger partial charge in [0, 0.05) is 6.61 Å². The summed E-state index contributed by atoms with van der Waals surface area (Å²) in [5.41, 5.74) is 1.38. The van der Waals surface area contributed by atoms with E-state index in [0.29, 0.717) is 18.4 Å². The van der Waals surface area contributed by atoms with E-state index in [1.165, 1.54) is 18.4 Å². The predicted molar refractivity (Wildman–Crippen MR) is 65.0 cm³/mol. The Hall–Kier alpha value is -0.820. The van der Waals surface area contributed by atoms with Gasteiger partial charge in [0.1, 0.15) is 0 Å². The molecule has 15 heavy (non-hydrogen) atoms. The minimum absolute atomic E-state index is 0.302. The lowest BCUT2D eigenvalue weighted by molar-refractivity contribution is 0.194. The Morgan fingerprint density at radius 3 is 2.27 bits per heavy atom. The topological polar surface area (TPSA) is 20.2 Å². The van der Waals surface area contributed by atoms with Gasteiger partial charge in [-0.3, -0.25) is 0 Å². The first-order valence-electron chi connectivity index (χ1n) is 5.99. The molecule has 1 heteroatoms. The van der Waals surface area contributed by atoms with Crippen molar-refractivity contribution >= 4 is 0 Å². The van der Waals surface area contributed by atoms with Crippen molar-refractivity contribution in [2.24, 2.45) is 5.92 Å². The fourth-order valence-electron chi connectivity index (χ4n) is 2.23. The third-order valence-electron chi connectivity index (χ3n) is 3.16. The summed E-state index contributed by atoms with van der Waals surface area (Å²) in [6.07, 6.45) is 3.40. The average molecular weight is 206 g/mol. The maximum atomic E-state index is 9.38. The molecule has 0 amide bonds. The average Bonchev–Trinajstić information content (AvgIpc) is 2.30. The lowest BCUT2D eigenvalue weighted by Crippen LogP contribution is -2.16. The molecule has 0 fully saturated rings. The van der Waals surface area contributed by atoms with Crippen molar-refractivity contribution in [2.75, 3.05) is 6.61 Å². The minimum Gasteiger partial charge on any atom is -0.396 e. The first-order valence-corrected chi connectivity index (χ1v) is 5.99.